The topological polar surface area (TPSA) is 95.2 Å². The van der Waals surface area contributed by atoms with Gasteiger partial charge in [0.15, 0.2) is 11.9 Å². The third-order valence-electron chi connectivity index (χ3n) is 4.23. The molecular weight excluding hydrogens is 328 g/mol. The highest BCUT2D eigenvalue weighted by molar-refractivity contribution is 5.92. The molecular formula is C20H20N4O2. The molecule has 0 fully saturated rings. The summed E-state index contributed by atoms with van der Waals surface area (Å²) in [6.07, 6.45) is -1.33. The van der Waals surface area contributed by atoms with Crippen LogP contribution in [-0.2, 0) is 4.79 Å². The molecule has 0 saturated heterocycles. The lowest BCUT2D eigenvalue weighted by Gasteiger charge is -2.15. The molecule has 0 unspecified atom stereocenters. The largest absolute Gasteiger partial charge is 0.382 e. The number of nitrogens with one attached hydrogen (secondary N) is 1. The van der Waals surface area contributed by atoms with Crippen LogP contribution >= 0.6 is 0 Å². The first-order chi connectivity index (χ1) is 12.5. The molecule has 0 aliphatic rings. The fourth-order valence-electron chi connectivity index (χ4n) is 2.57. The molecule has 1 amide bonds. The number of anilines is 1. The second kappa shape index (κ2) is 7.30. The Balaban J connectivity index is 1.87. The number of amides is 1. The van der Waals surface area contributed by atoms with Gasteiger partial charge in [0.2, 0.25) is 0 Å². The van der Waals surface area contributed by atoms with Crippen LogP contribution in [0, 0.1) is 11.8 Å². The van der Waals surface area contributed by atoms with Crippen molar-refractivity contribution in [3.8, 4) is 23.0 Å². The van der Waals surface area contributed by atoms with Gasteiger partial charge in [-0.1, -0.05) is 30.0 Å². The van der Waals surface area contributed by atoms with Crippen LogP contribution in [0.3, 0.4) is 0 Å². The van der Waals surface area contributed by atoms with E-state index in [1.165, 1.54) is 4.90 Å². The predicted octanol–water partition coefficient (Wildman–Crippen LogP) is 2.00. The smallest absolute Gasteiger partial charge is 0.263 e. The Morgan fingerprint density at radius 1 is 1.31 bits per heavy atom. The van der Waals surface area contributed by atoms with Gasteiger partial charge in [0.1, 0.15) is 0 Å². The third-order valence-corrected chi connectivity index (χ3v) is 4.23. The van der Waals surface area contributed by atoms with E-state index in [1.807, 2.05) is 49.4 Å². The summed E-state index contributed by atoms with van der Waals surface area (Å²) in [7, 11) is 1.63. The zero-order valence-electron chi connectivity index (χ0n) is 14.7. The van der Waals surface area contributed by atoms with Gasteiger partial charge in [-0.15, -0.1) is 0 Å². The number of aliphatic hydroxyl groups excluding tert-OH is 1. The van der Waals surface area contributed by atoms with Crippen LogP contribution in [0.2, 0.25) is 0 Å². The number of hydrogen-bond acceptors (Lipinski definition) is 4. The lowest BCUT2D eigenvalue weighted by molar-refractivity contribution is -0.135. The molecule has 0 bridgehead atoms. The molecule has 0 radical (unpaired) electrons. The average molecular weight is 348 g/mol. The minimum Gasteiger partial charge on any atom is -0.382 e. The van der Waals surface area contributed by atoms with Gasteiger partial charge in [0, 0.05) is 24.5 Å². The number of likely N-dealkylation sites (N-methyl/N-ethyl adjacent to an activating group) is 1. The van der Waals surface area contributed by atoms with E-state index >= 15 is 0 Å². The summed E-state index contributed by atoms with van der Waals surface area (Å²) in [4.78, 5) is 13.3. The van der Waals surface area contributed by atoms with E-state index < -0.39 is 12.0 Å². The second-order valence-corrected chi connectivity index (χ2v) is 5.97. The highest BCUT2D eigenvalue weighted by atomic mass is 16.3. The van der Waals surface area contributed by atoms with E-state index in [9.17, 15) is 9.90 Å². The second-order valence-electron chi connectivity index (χ2n) is 5.97. The monoisotopic (exact) mass is 348 g/mol. The molecule has 3 rings (SSSR count). The maximum atomic E-state index is 11.9. The van der Waals surface area contributed by atoms with Gasteiger partial charge >= 0.3 is 0 Å². The van der Waals surface area contributed by atoms with Crippen molar-refractivity contribution in [1.29, 1.82) is 0 Å². The first kappa shape index (κ1) is 17.5. The lowest BCUT2D eigenvalue weighted by Crippen LogP contribution is -2.35. The zero-order valence-corrected chi connectivity index (χ0v) is 14.7. The number of aromatic amines is 1. The number of aromatic nitrogens is 2. The standard InChI is InChI=1S/C20H20N4O2/c1-3-24(2)20(26)18(25)10-7-13-5-4-6-14(11-13)15-8-9-17-16(12-15)19(21)23-22-17/h4-6,8-9,11-12,18,25H,3H2,1-2H3,(H3,21,22,23)/t18-/m1/s1. The van der Waals surface area contributed by atoms with Crippen molar-refractivity contribution >= 4 is 22.6 Å². The van der Waals surface area contributed by atoms with E-state index in [-0.39, 0.29) is 0 Å². The number of benzene rings is 2. The minimum atomic E-state index is -1.33. The number of carbonyl (C=O) groups excluding carboxylic acids is 1. The molecule has 1 aromatic heterocycles. The van der Waals surface area contributed by atoms with Gasteiger partial charge in [0.25, 0.3) is 5.91 Å². The van der Waals surface area contributed by atoms with Crippen molar-refractivity contribution in [2.45, 2.75) is 13.0 Å². The molecule has 3 aromatic rings. The first-order valence-electron chi connectivity index (χ1n) is 8.28. The number of nitrogens with zero attached hydrogens (tertiary/aromatic N) is 2. The summed E-state index contributed by atoms with van der Waals surface area (Å²) in [5.74, 6) is 5.53. The Bertz CT molecular complexity index is 1010. The molecule has 0 aliphatic carbocycles. The van der Waals surface area contributed by atoms with Gasteiger partial charge in [0.05, 0.1) is 5.52 Å². The SMILES string of the molecule is CCN(C)C(=O)[C@H](O)C#Cc1cccc(-c2ccc3[nH]nc(N)c3c2)c1. The van der Waals surface area contributed by atoms with Crippen LogP contribution in [0.25, 0.3) is 22.0 Å². The van der Waals surface area contributed by atoms with Crippen molar-refractivity contribution < 1.29 is 9.90 Å². The first-order valence-corrected chi connectivity index (χ1v) is 8.28. The number of nitrogens with two attached hydrogens (primary N) is 1. The third kappa shape index (κ3) is 3.53. The van der Waals surface area contributed by atoms with Crippen molar-refractivity contribution in [2.75, 3.05) is 19.3 Å². The molecule has 2 aromatic carbocycles. The van der Waals surface area contributed by atoms with E-state index in [2.05, 4.69) is 22.0 Å². The Morgan fingerprint density at radius 3 is 2.85 bits per heavy atom. The number of fused-ring (bicyclic) bond motifs is 1. The molecule has 0 spiro atoms. The van der Waals surface area contributed by atoms with Gasteiger partial charge in [-0.25, -0.2) is 0 Å². The summed E-state index contributed by atoms with van der Waals surface area (Å²) in [6, 6.07) is 13.5. The van der Waals surface area contributed by atoms with E-state index in [4.69, 9.17) is 5.73 Å². The van der Waals surface area contributed by atoms with Crippen LogP contribution in [0.15, 0.2) is 42.5 Å². The van der Waals surface area contributed by atoms with Crippen LogP contribution < -0.4 is 5.73 Å². The highest BCUT2D eigenvalue weighted by Gasteiger charge is 2.15. The van der Waals surface area contributed by atoms with Gasteiger partial charge in [-0.3, -0.25) is 9.89 Å². The summed E-state index contributed by atoms with van der Waals surface area (Å²) in [5.41, 5.74) is 9.41. The zero-order chi connectivity index (χ0) is 18.7. The fraction of sp³-hybridized carbons (Fsp3) is 0.200. The van der Waals surface area contributed by atoms with E-state index in [1.54, 1.807) is 7.05 Å². The van der Waals surface area contributed by atoms with Gasteiger partial charge < -0.3 is 15.7 Å². The number of H-pyrrole nitrogens is 1. The number of carbonyl (C=O) groups is 1. The van der Waals surface area contributed by atoms with Crippen molar-refractivity contribution in [3.63, 3.8) is 0 Å². The lowest BCUT2D eigenvalue weighted by atomic mass is 10.0. The Kier molecular flexibility index (Phi) is 4.92. The normalized spacial score (nSPS) is 11.7. The fourth-order valence-corrected chi connectivity index (χ4v) is 2.57. The number of nitrogen functional groups attached to an aromatic ring is 1. The Hall–Kier alpha value is -3.30. The van der Waals surface area contributed by atoms with E-state index in [0.717, 1.165) is 22.0 Å². The quantitative estimate of drug-likeness (QED) is 0.631. The van der Waals surface area contributed by atoms with Crippen LogP contribution in [-0.4, -0.2) is 45.8 Å². The predicted molar refractivity (Wildman–Crippen MR) is 102 cm³/mol. The van der Waals surface area contributed by atoms with E-state index in [0.29, 0.717) is 17.9 Å². The van der Waals surface area contributed by atoms with Crippen LogP contribution in [0.1, 0.15) is 12.5 Å². The molecule has 0 saturated carbocycles. The maximum absolute atomic E-state index is 11.9. The highest BCUT2D eigenvalue weighted by Crippen LogP contribution is 2.26. The van der Waals surface area contributed by atoms with Crippen molar-refractivity contribution in [2.24, 2.45) is 0 Å². The number of rotatable bonds is 3. The van der Waals surface area contributed by atoms with Crippen molar-refractivity contribution in [1.82, 2.24) is 15.1 Å². The van der Waals surface area contributed by atoms with Gasteiger partial charge in [-0.05, 0) is 42.3 Å². The van der Waals surface area contributed by atoms with Crippen LogP contribution in [0.4, 0.5) is 5.82 Å². The molecule has 4 N–H and O–H groups in total. The molecule has 1 heterocycles. The molecule has 6 heteroatoms. The number of aliphatic hydroxyl groups is 1. The minimum absolute atomic E-state index is 0.406. The van der Waals surface area contributed by atoms with Crippen LogP contribution in [0.5, 0.6) is 0 Å². The molecule has 0 aliphatic heterocycles. The Morgan fingerprint density at radius 2 is 2.08 bits per heavy atom. The maximum Gasteiger partial charge on any atom is 0.263 e. The summed E-state index contributed by atoms with van der Waals surface area (Å²) < 4.78 is 0. The molecule has 132 valence electrons. The average Bonchev–Trinajstić information content (AvgIpc) is 3.05. The summed E-state index contributed by atoms with van der Waals surface area (Å²) in [5, 5.41) is 17.6. The summed E-state index contributed by atoms with van der Waals surface area (Å²) >= 11 is 0. The number of hydrogen-bond donors (Lipinski definition) is 3. The van der Waals surface area contributed by atoms with Gasteiger partial charge in [-0.2, -0.15) is 5.10 Å². The molecule has 1 atom stereocenters. The Labute approximate surface area is 151 Å². The molecule has 6 nitrogen and oxygen atoms in total. The van der Waals surface area contributed by atoms with Crippen molar-refractivity contribution in [3.05, 3.63) is 48.0 Å². The summed E-state index contributed by atoms with van der Waals surface area (Å²) in [6.45, 7) is 2.36. The molecule has 26 heavy (non-hydrogen) atoms.